The molecule has 0 spiro atoms. The molecule has 1 nitrogen and oxygen atoms in total. The SMILES string of the molecule is CCCC(NC)C1C2CCCC21. The Morgan fingerprint density at radius 1 is 1.33 bits per heavy atom. The Morgan fingerprint density at radius 3 is 2.50 bits per heavy atom. The molecule has 1 heteroatoms. The summed E-state index contributed by atoms with van der Waals surface area (Å²) >= 11 is 0. The lowest BCUT2D eigenvalue weighted by Gasteiger charge is -2.16. The topological polar surface area (TPSA) is 12.0 Å². The molecule has 2 fully saturated rings. The minimum Gasteiger partial charge on any atom is -0.317 e. The molecule has 12 heavy (non-hydrogen) atoms. The molecular formula is C11H21N. The molecule has 1 N–H and O–H groups in total. The second-order valence-electron chi connectivity index (χ2n) is 4.52. The van der Waals surface area contributed by atoms with Gasteiger partial charge in [0.25, 0.3) is 0 Å². The van der Waals surface area contributed by atoms with E-state index in [1.807, 2.05) is 0 Å². The van der Waals surface area contributed by atoms with Gasteiger partial charge in [0.1, 0.15) is 0 Å². The van der Waals surface area contributed by atoms with Crippen molar-refractivity contribution in [2.75, 3.05) is 7.05 Å². The van der Waals surface area contributed by atoms with Crippen LogP contribution in [0.15, 0.2) is 0 Å². The van der Waals surface area contributed by atoms with Gasteiger partial charge in [-0.05, 0) is 44.1 Å². The van der Waals surface area contributed by atoms with Crippen LogP contribution in [0.3, 0.4) is 0 Å². The van der Waals surface area contributed by atoms with Crippen LogP contribution in [0.5, 0.6) is 0 Å². The molecule has 2 rings (SSSR count). The molecule has 2 saturated carbocycles. The summed E-state index contributed by atoms with van der Waals surface area (Å²) in [7, 11) is 2.13. The van der Waals surface area contributed by atoms with Crippen LogP contribution < -0.4 is 5.32 Å². The zero-order valence-corrected chi connectivity index (χ0v) is 8.34. The molecule has 0 saturated heterocycles. The van der Waals surface area contributed by atoms with Crippen molar-refractivity contribution in [2.45, 2.75) is 45.1 Å². The number of rotatable bonds is 4. The predicted octanol–water partition coefficient (Wildman–Crippen LogP) is 2.42. The van der Waals surface area contributed by atoms with Crippen LogP contribution in [-0.2, 0) is 0 Å². The molecule has 0 radical (unpaired) electrons. The average Bonchev–Trinajstić information content (AvgIpc) is 2.59. The van der Waals surface area contributed by atoms with E-state index in [2.05, 4.69) is 19.3 Å². The Hall–Kier alpha value is -0.0400. The van der Waals surface area contributed by atoms with E-state index in [4.69, 9.17) is 0 Å². The standard InChI is InChI=1S/C11H21N/c1-3-5-10(12-2)11-8-6-4-7-9(8)11/h8-12H,3-7H2,1-2H3. The van der Waals surface area contributed by atoms with Gasteiger partial charge in [-0.1, -0.05) is 19.8 Å². The highest BCUT2D eigenvalue weighted by atomic mass is 14.9. The van der Waals surface area contributed by atoms with E-state index in [0.717, 1.165) is 23.8 Å². The smallest absolute Gasteiger partial charge is 0.00977 e. The molecule has 3 atom stereocenters. The molecule has 2 aliphatic rings. The predicted molar refractivity (Wildman–Crippen MR) is 52.1 cm³/mol. The lowest BCUT2D eigenvalue weighted by molar-refractivity contribution is 0.405. The van der Waals surface area contributed by atoms with E-state index in [1.54, 1.807) is 0 Å². The summed E-state index contributed by atoms with van der Waals surface area (Å²) in [5.74, 6) is 3.30. The highest BCUT2D eigenvalue weighted by Crippen LogP contribution is 2.59. The lowest BCUT2D eigenvalue weighted by Crippen LogP contribution is -2.28. The second-order valence-corrected chi connectivity index (χ2v) is 4.52. The minimum atomic E-state index is 0.838. The maximum Gasteiger partial charge on any atom is 0.00977 e. The Morgan fingerprint density at radius 2 is 2.00 bits per heavy atom. The molecule has 0 aromatic rings. The highest BCUT2D eigenvalue weighted by Gasteiger charge is 2.54. The van der Waals surface area contributed by atoms with Crippen LogP contribution in [-0.4, -0.2) is 13.1 Å². The molecule has 0 bridgehead atoms. The van der Waals surface area contributed by atoms with Crippen LogP contribution in [0.25, 0.3) is 0 Å². The minimum absolute atomic E-state index is 0.838. The summed E-state index contributed by atoms with van der Waals surface area (Å²) in [6.07, 6.45) is 7.28. The number of fused-ring (bicyclic) bond motifs is 1. The molecule has 0 aliphatic heterocycles. The molecule has 0 aromatic heterocycles. The Kier molecular flexibility index (Phi) is 2.40. The van der Waals surface area contributed by atoms with Gasteiger partial charge < -0.3 is 5.32 Å². The van der Waals surface area contributed by atoms with E-state index in [0.29, 0.717) is 0 Å². The number of nitrogens with one attached hydrogen (secondary N) is 1. The van der Waals surface area contributed by atoms with Crippen LogP contribution in [0, 0.1) is 17.8 Å². The summed E-state index contributed by atoms with van der Waals surface area (Å²) in [5, 5.41) is 3.49. The first kappa shape index (κ1) is 8.55. The first-order valence-electron chi connectivity index (χ1n) is 5.55. The van der Waals surface area contributed by atoms with Crippen molar-refractivity contribution < 1.29 is 0 Å². The van der Waals surface area contributed by atoms with E-state index >= 15 is 0 Å². The fourth-order valence-electron chi connectivity index (χ4n) is 3.31. The Bertz CT molecular complexity index is 145. The van der Waals surface area contributed by atoms with Gasteiger partial charge >= 0.3 is 0 Å². The van der Waals surface area contributed by atoms with Gasteiger partial charge in [-0.2, -0.15) is 0 Å². The fourth-order valence-corrected chi connectivity index (χ4v) is 3.31. The monoisotopic (exact) mass is 167 g/mol. The highest BCUT2D eigenvalue weighted by molar-refractivity contribution is 5.05. The molecule has 0 heterocycles. The second kappa shape index (κ2) is 3.37. The number of hydrogen-bond donors (Lipinski definition) is 1. The van der Waals surface area contributed by atoms with Crippen molar-refractivity contribution >= 4 is 0 Å². The van der Waals surface area contributed by atoms with Gasteiger partial charge in [0.2, 0.25) is 0 Å². The summed E-state index contributed by atoms with van der Waals surface area (Å²) < 4.78 is 0. The lowest BCUT2D eigenvalue weighted by atomic mass is 10.0. The zero-order valence-electron chi connectivity index (χ0n) is 8.34. The van der Waals surface area contributed by atoms with E-state index < -0.39 is 0 Å². The van der Waals surface area contributed by atoms with Crippen molar-refractivity contribution in [1.29, 1.82) is 0 Å². The van der Waals surface area contributed by atoms with Crippen molar-refractivity contribution in [2.24, 2.45) is 17.8 Å². The fraction of sp³-hybridized carbons (Fsp3) is 1.00. The van der Waals surface area contributed by atoms with Gasteiger partial charge in [0.05, 0.1) is 0 Å². The Balaban J connectivity index is 1.84. The summed E-state index contributed by atoms with van der Waals surface area (Å²) in [5.41, 5.74) is 0. The van der Waals surface area contributed by atoms with E-state index in [-0.39, 0.29) is 0 Å². The summed E-state index contributed by atoms with van der Waals surface area (Å²) in [4.78, 5) is 0. The van der Waals surface area contributed by atoms with Crippen LogP contribution in [0.4, 0.5) is 0 Å². The van der Waals surface area contributed by atoms with Gasteiger partial charge in [0.15, 0.2) is 0 Å². The van der Waals surface area contributed by atoms with Gasteiger partial charge in [0, 0.05) is 6.04 Å². The van der Waals surface area contributed by atoms with Crippen LogP contribution >= 0.6 is 0 Å². The van der Waals surface area contributed by atoms with Gasteiger partial charge in [-0.25, -0.2) is 0 Å². The van der Waals surface area contributed by atoms with Crippen molar-refractivity contribution in [3.63, 3.8) is 0 Å². The third-order valence-electron chi connectivity index (χ3n) is 3.91. The quantitative estimate of drug-likeness (QED) is 0.678. The Labute approximate surface area is 75.9 Å². The van der Waals surface area contributed by atoms with Crippen molar-refractivity contribution in [3.8, 4) is 0 Å². The van der Waals surface area contributed by atoms with Gasteiger partial charge in [-0.15, -0.1) is 0 Å². The zero-order chi connectivity index (χ0) is 8.55. The molecule has 70 valence electrons. The maximum atomic E-state index is 3.49. The molecule has 0 aromatic carbocycles. The van der Waals surface area contributed by atoms with Crippen LogP contribution in [0.1, 0.15) is 39.0 Å². The van der Waals surface area contributed by atoms with E-state index in [9.17, 15) is 0 Å². The maximum absolute atomic E-state index is 3.49. The van der Waals surface area contributed by atoms with Crippen LogP contribution in [0.2, 0.25) is 0 Å². The van der Waals surface area contributed by atoms with Gasteiger partial charge in [-0.3, -0.25) is 0 Å². The third kappa shape index (κ3) is 1.28. The first-order chi connectivity index (χ1) is 5.88. The van der Waals surface area contributed by atoms with Crippen molar-refractivity contribution in [3.05, 3.63) is 0 Å². The largest absolute Gasteiger partial charge is 0.317 e. The third-order valence-corrected chi connectivity index (χ3v) is 3.91. The average molecular weight is 167 g/mol. The molecule has 2 aliphatic carbocycles. The first-order valence-corrected chi connectivity index (χ1v) is 5.55. The molecule has 0 amide bonds. The summed E-state index contributed by atoms with van der Waals surface area (Å²) in [6, 6.07) is 0.838. The number of hydrogen-bond acceptors (Lipinski definition) is 1. The van der Waals surface area contributed by atoms with E-state index in [1.165, 1.54) is 32.1 Å². The molecular weight excluding hydrogens is 146 g/mol. The van der Waals surface area contributed by atoms with Crippen molar-refractivity contribution in [1.82, 2.24) is 5.32 Å². The molecule has 3 unspecified atom stereocenters. The normalized spacial score (nSPS) is 41.0. The summed E-state index contributed by atoms with van der Waals surface area (Å²) in [6.45, 7) is 2.29.